The Hall–Kier alpha value is -1.60. The predicted molar refractivity (Wildman–Crippen MR) is 86.1 cm³/mol. The van der Waals surface area contributed by atoms with Crippen LogP contribution in [0.15, 0.2) is 34.7 Å². The van der Waals surface area contributed by atoms with E-state index in [1.54, 1.807) is 23.1 Å². The van der Waals surface area contributed by atoms with Crippen molar-refractivity contribution in [3.8, 4) is 0 Å². The van der Waals surface area contributed by atoms with Gasteiger partial charge in [0.2, 0.25) is 5.13 Å². The van der Waals surface area contributed by atoms with Gasteiger partial charge in [-0.2, -0.15) is 0 Å². The Labute approximate surface area is 126 Å². The second kappa shape index (κ2) is 6.71. The Kier molecular flexibility index (Phi) is 4.97. The van der Waals surface area contributed by atoms with E-state index < -0.39 is 0 Å². The maximum atomic E-state index is 7.75. The molecule has 3 N–H and O–H groups in total. The quantitative estimate of drug-likeness (QED) is 0.487. The lowest BCUT2D eigenvalue weighted by Gasteiger charge is -2.14. The highest BCUT2D eigenvalue weighted by Crippen LogP contribution is 2.30. The van der Waals surface area contributed by atoms with E-state index >= 15 is 0 Å². The van der Waals surface area contributed by atoms with Gasteiger partial charge in [0.15, 0.2) is 4.34 Å². The van der Waals surface area contributed by atoms with Gasteiger partial charge in [-0.1, -0.05) is 53.4 Å². The zero-order valence-electron chi connectivity index (χ0n) is 11.4. The molecule has 0 bridgehead atoms. The van der Waals surface area contributed by atoms with Crippen LogP contribution in [0.25, 0.3) is 0 Å². The number of hydrogen-bond donors (Lipinski definition) is 2. The number of nitrogens with zero attached hydrogens (tertiary/aromatic N) is 3. The lowest BCUT2D eigenvalue weighted by molar-refractivity contribution is 0.965. The number of anilines is 1. The van der Waals surface area contributed by atoms with Crippen LogP contribution in [0.5, 0.6) is 0 Å². The summed E-state index contributed by atoms with van der Waals surface area (Å²) in [5, 5.41) is 16.9. The molecule has 0 spiro atoms. The van der Waals surface area contributed by atoms with Crippen LogP contribution in [0, 0.1) is 5.41 Å². The molecule has 0 aliphatic rings. The number of hydrogen-bond acceptors (Lipinski definition) is 6. The fraction of sp³-hybridized carbons (Fsp3) is 0.308. The lowest BCUT2D eigenvalue weighted by Crippen LogP contribution is -2.22. The van der Waals surface area contributed by atoms with Crippen LogP contribution in [0.1, 0.15) is 11.5 Å². The van der Waals surface area contributed by atoms with Crippen molar-refractivity contribution < 1.29 is 0 Å². The van der Waals surface area contributed by atoms with Crippen molar-refractivity contribution in [2.24, 2.45) is 5.73 Å². The van der Waals surface area contributed by atoms with Crippen LogP contribution >= 0.6 is 23.1 Å². The summed E-state index contributed by atoms with van der Waals surface area (Å²) in [6.45, 7) is 0. The Morgan fingerprint density at radius 1 is 1.35 bits per heavy atom. The number of rotatable bonds is 6. The molecule has 2 rings (SSSR count). The van der Waals surface area contributed by atoms with E-state index in [9.17, 15) is 0 Å². The largest absolute Gasteiger partial charge is 0.387 e. The molecule has 20 heavy (non-hydrogen) atoms. The zero-order valence-corrected chi connectivity index (χ0v) is 13.0. The van der Waals surface area contributed by atoms with Gasteiger partial charge in [-0.25, -0.2) is 0 Å². The smallest absolute Gasteiger partial charge is 0.208 e. The van der Waals surface area contributed by atoms with Gasteiger partial charge in [0.05, 0.1) is 11.8 Å². The van der Waals surface area contributed by atoms with Crippen LogP contribution < -0.4 is 10.6 Å². The van der Waals surface area contributed by atoms with Crippen molar-refractivity contribution in [2.45, 2.75) is 10.3 Å². The molecule has 106 valence electrons. The van der Waals surface area contributed by atoms with Crippen LogP contribution in [-0.4, -0.2) is 35.9 Å². The van der Waals surface area contributed by atoms with Gasteiger partial charge >= 0.3 is 0 Å². The zero-order chi connectivity index (χ0) is 14.5. The molecule has 0 saturated carbocycles. The van der Waals surface area contributed by atoms with Crippen LogP contribution in [0.2, 0.25) is 0 Å². The lowest BCUT2D eigenvalue weighted by atomic mass is 10.0. The van der Waals surface area contributed by atoms with Gasteiger partial charge in [-0.15, -0.1) is 10.2 Å². The molecule has 1 aromatic heterocycles. The summed E-state index contributed by atoms with van der Waals surface area (Å²) in [6.07, 6.45) is 0. The normalized spacial score (nSPS) is 12.1. The van der Waals surface area contributed by atoms with Crippen molar-refractivity contribution in [2.75, 3.05) is 24.7 Å². The van der Waals surface area contributed by atoms with E-state index in [4.69, 9.17) is 11.1 Å². The molecular formula is C13H17N5S2. The second-order valence-corrected chi connectivity index (χ2v) is 6.70. The molecule has 0 aliphatic heterocycles. The average Bonchev–Trinajstić information content (AvgIpc) is 2.89. The Bertz CT molecular complexity index is 567. The Balaban J connectivity index is 2.04. The molecule has 1 aromatic carbocycles. The average molecular weight is 307 g/mol. The monoisotopic (exact) mass is 307 g/mol. The molecular weight excluding hydrogens is 290 g/mol. The summed E-state index contributed by atoms with van der Waals surface area (Å²) in [5.74, 6) is 0.787. The first-order valence-corrected chi connectivity index (χ1v) is 7.90. The van der Waals surface area contributed by atoms with Crippen LogP contribution in [0.3, 0.4) is 0 Å². The highest BCUT2D eigenvalue weighted by molar-refractivity contribution is 8.01. The molecule has 0 radical (unpaired) electrons. The van der Waals surface area contributed by atoms with Crippen molar-refractivity contribution in [1.82, 2.24) is 10.2 Å². The van der Waals surface area contributed by atoms with Gasteiger partial charge in [0.1, 0.15) is 0 Å². The Morgan fingerprint density at radius 2 is 2.05 bits per heavy atom. The fourth-order valence-electron chi connectivity index (χ4n) is 1.65. The number of thioether (sulfide) groups is 1. The first-order chi connectivity index (χ1) is 9.58. The number of benzene rings is 1. The third kappa shape index (κ3) is 3.71. The van der Waals surface area contributed by atoms with E-state index in [0.717, 1.165) is 15.0 Å². The SMILES string of the molecule is CN(C)c1nnc(SCC(C(=N)N)c2ccccc2)s1. The molecule has 5 nitrogen and oxygen atoms in total. The summed E-state index contributed by atoms with van der Waals surface area (Å²) in [7, 11) is 3.88. The predicted octanol–water partition coefficient (Wildman–Crippen LogP) is 2.42. The molecule has 2 aromatic rings. The first-order valence-electron chi connectivity index (χ1n) is 6.10. The molecule has 1 unspecified atom stereocenters. The van der Waals surface area contributed by atoms with E-state index in [1.807, 2.05) is 49.3 Å². The summed E-state index contributed by atoms with van der Waals surface area (Å²) < 4.78 is 0.899. The van der Waals surface area contributed by atoms with Gasteiger partial charge in [0, 0.05) is 19.8 Å². The van der Waals surface area contributed by atoms with Gasteiger partial charge in [-0.05, 0) is 5.56 Å². The standard InChI is InChI=1S/C13H17N5S2/c1-18(2)12-16-17-13(20-12)19-8-10(11(14)15)9-6-4-3-5-7-9/h3-7,10H,8H2,1-2H3,(H3,14,15). The molecule has 0 saturated heterocycles. The molecule has 0 aliphatic carbocycles. The molecule has 1 heterocycles. The summed E-state index contributed by atoms with van der Waals surface area (Å²) in [5.41, 5.74) is 6.78. The Morgan fingerprint density at radius 3 is 2.60 bits per heavy atom. The topological polar surface area (TPSA) is 78.9 Å². The van der Waals surface area contributed by atoms with Crippen molar-refractivity contribution in [3.05, 3.63) is 35.9 Å². The minimum atomic E-state index is -0.0899. The number of nitrogens with two attached hydrogens (primary N) is 1. The van der Waals surface area contributed by atoms with Gasteiger partial charge < -0.3 is 10.6 Å². The van der Waals surface area contributed by atoms with Crippen molar-refractivity contribution in [3.63, 3.8) is 0 Å². The van der Waals surface area contributed by atoms with Gasteiger partial charge in [0.25, 0.3) is 0 Å². The number of nitrogens with one attached hydrogen (secondary N) is 1. The number of amidine groups is 1. The minimum absolute atomic E-state index is 0.0899. The van der Waals surface area contributed by atoms with E-state index in [0.29, 0.717) is 5.75 Å². The van der Waals surface area contributed by atoms with E-state index in [2.05, 4.69) is 10.2 Å². The summed E-state index contributed by atoms with van der Waals surface area (Å²) in [6, 6.07) is 9.88. The fourth-order valence-corrected chi connectivity index (χ4v) is 3.59. The third-order valence-corrected chi connectivity index (χ3v) is 5.05. The van der Waals surface area contributed by atoms with E-state index in [-0.39, 0.29) is 11.8 Å². The second-order valence-electron chi connectivity index (χ2n) is 4.47. The number of aromatic nitrogens is 2. The molecule has 1 atom stereocenters. The maximum Gasteiger partial charge on any atom is 0.208 e. The third-order valence-electron chi connectivity index (χ3n) is 2.73. The molecule has 0 fully saturated rings. The van der Waals surface area contributed by atoms with Gasteiger partial charge in [-0.3, -0.25) is 5.41 Å². The van der Waals surface area contributed by atoms with Crippen molar-refractivity contribution in [1.29, 1.82) is 5.41 Å². The van der Waals surface area contributed by atoms with Crippen LogP contribution in [-0.2, 0) is 0 Å². The summed E-state index contributed by atoms with van der Waals surface area (Å²) in [4.78, 5) is 1.93. The minimum Gasteiger partial charge on any atom is -0.387 e. The molecule has 7 heteroatoms. The van der Waals surface area contributed by atoms with Crippen LogP contribution in [0.4, 0.5) is 5.13 Å². The maximum absolute atomic E-state index is 7.75. The highest BCUT2D eigenvalue weighted by Gasteiger charge is 2.16. The van der Waals surface area contributed by atoms with E-state index in [1.165, 1.54) is 0 Å². The first kappa shape index (κ1) is 14.8. The summed E-state index contributed by atoms with van der Waals surface area (Å²) >= 11 is 3.13. The highest BCUT2D eigenvalue weighted by atomic mass is 32.2. The van der Waals surface area contributed by atoms with Crippen molar-refractivity contribution >= 4 is 34.1 Å². The molecule has 0 amide bonds.